The average molecular weight is 515 g/mol. The molecule has 0 amide bonds. The van der Waals surface area contributed by atoms with E-state index in [2.05, 4.69) is 68.3 Å². The van der Waals surface area contributed by atoms with Crippen molar-refractivity contribution in [2.24, 2.45) is 0 Å². The number of nitrogens with one attached hydrogen (secondary N) is 1. The number of fused-ring (bicyclic) bond motifs is 3. The van der Waals surface area contributed by atoms with Crippen molar-refractivity contribution in [3.05, 3.63) is 63.8 Å². The summed E-state index contributed by atoms with van der Waals surface area (Å²) in [6, 6.07) is 15.2. The number of hydrogen-bond acceptors (Lipinski definition) is 4. The lowest BCUT2D eigenvalue weighted by molar-refractivity contribution is 0.110. The quantitative estimate of drug-likeness (QED) is 0.312. The van der Waals surface area contributed by atoms with Gasteiger partial charge in [0.05, 0.1) is 19.8 Å². The fourth-order valence-electron chi connectivity index (χ4n) is 4.82. The molecule has 0 saturated heterocycles. The number of ether oxygens (including phenoxy) is 3. The second-order valence-corrected chi connectivity index (χ2v) is 9.67. The van der Waals surface area contributed by atoms with Crippen LogP contribution >= 0.6 is 15.9 Å². The van der Waals surface area contributed by atoms with Crippen molar-refractivity contribution in [3.8, 4) is 5.75 Å². The number of aromatic nitrogens is 1. The van der Waals surface area contributed by atoms with Gasteiger partial charge in [0.25, 0.3) is 0 Å². The van der Waals surface area contributed by atoms with E-state index in [1.165, 1.54) is 40.6 Å². The Morgan fingerprint density at radius 1 is 0.970 bits per heavy atom. The Morgan fingerprint density at radius 2 is 1.73 bits per heavy atom. The van der Waals surface area contributed by atoms with E-state index >= 15 is 0 Å². The van der Waals surface area contributed by atoms with Crippen molar-refractivity contribution in [3.63, 3.8) is 0 Å². The fourth-order valence-corrected chi connectivity index (χ4v) is 5.18. The SMILES string of the molecule is COCCN(CCCOc1ccc(C2CCCc3c2[nH]c2ccc(Br)cc32)cc1)CCOC. The molecule has 0 fully saturated rings. The summed E-state index contributed by atoms with van der Waals surface area (Å²) < 4.78 is 17.6. The van der Waals surface area contributed by atoms with E-state index in [1.807, 2.05) is 0 Å². The van der Waals surface area contributed by atoms with Crippen LogP contribution in [0.25, 0.3) is 10.9 Å². The number of rotatable bonds is 12. The van der Waals surface area contributed by atoms with Crippen molar-refractivity contribution >= 4 is 26.8 Å². The summed E-state index contributed by atoms with van der Waals surface area (Å²) in [5.41, 5.74) is 5.46. The minimum absolute atomic E-state index is 0.420. The minimum Gasteiger partial charge on any atom is -0.494 e. The van der Waals surface area contributed by atoms with Crippen molar-refractivity contribution in [2.75, 3.05) is 53.7 Å². The Hall–Kier alpha value is -1.86. The first-order chi connectivity index (χ1) is 16.2. The molecule has 1 N–H and O–H groups in total. The standard InChI is InChI=1S/C27H35BrN2O3/c1-31-17-14-30(15-18-32-2)13-4-16-33-22-10-7-20(8-11-22)23-5-3-6-24-25-19-21(28)9-12-26(25)29-27(23)24/h7-12,19,23,29H,3-6,13-18H2,1-2H3. The molecule has 6 heteroatoms. The highest BCUT2D eigenvalue weighted by molar-refractivity contribution is 9.10. The predicted molar refractivity (Wildman–Crippen MR) is 138 cm³/mol. The number of H-pyrrole nitrogens is 1. The van der Waals surface area contributed by atoms with E-state index in [0.29, 0.717) is 12.5 Å². The maximum absolute atomic E-state index is 6.04. The number of aromatic amines is 1. The van der Waals surface area contributed by atoms with Gasteiger partial charge in [0.15, 0.2) is 0 Å². The molecule has 5 nitrogen and oxygen atoms in total. The molecule has 1 aromatic heterocycles. The molecule has 33 heavy (non-hydrogen) atoms. The lowest BCUT2D eigenvalue weighted by atomic mass is 9.82. The number of benzene rings is 2. The van der Waals surface area contributed by atoms with Gasteiger partial charge in [-0.25, -0.2) is 0 Å². The van der Waals surface area contributed by atoms with Crippen LogP contribution in [0.5, 0.6) is 5.75 Å². The van der Waals surface area contributed by atoms with E-state index in [9.17, 15) is 0 Å². The Bertz CT molecular complexity index is 1010. The topological polar surface area (TPSA) is 46.7 Å². The Morgan fingerprint density at radius 3 is 2.45 bits per heavy atom. The first kappa shape index (κ1) is 24.3. The number of halogens is 1. The lowest BCUT2D eigenvalue weighted by Gasteiger charge is -2.23. The van der Waals surface area contributed by atoms with Crippen molar-refractivity contribution in [1.82, 2.24) is 9.88 Å². The zero-order valence-corrected chi connectivity index (χ0v) is 21.3. The Balaban J connectivity index is 1.34. The fraction of sp³-hybridized carbons (Fsp3) is 0.481. The summed E-state index contributed by atoms with van der Waals surface area (Å²) in [4.78, 5) is 6.07. The maximum atomic E-state index is 6.04. The van der Waals surface area contributed by atoms with Gasteiger partial charge in [-0.15, -0.1) is 0 Å². The molecule has 1 unspecified atom stereocenters. The highest BCUT2D eigenvalue weighted by Gasteiger charge is 2.25. The largest absolute Gasteiger partial charge is 0.494 e. The third-order valence-corrected chi connectivity index (χ3v) is 7.06. The molecule has 0 bridgehead atoms. The summed E-state index contributed by atoms with van der Waals surface area (Å²) in [7, 11) is 3.49. The molecule has 0 spiro atoms. The van der Waals surface area contributed by atoms with Crippen LogP contribution in [-0.4, -0.2) is 63.6 Å². The van der Waals surface area contributed by atoms with Crippen molar-refractivity contribution < 1.29 is 14.2 Å². The monoisotopic (exact) mass is 514 g/mol. The highest BCUT2D eigenvalue weighted by Crippen LogP contribution is 2.40. The van der Waals surface area contributed by atoms with Crippen molar-refractivity contribution in [1.29, 1.82) is 0 Å². The molecule has 4 rings (SSSR count). The first-order valence-electron chi connectivity index (χ1n) is 11.9. The van der Waals surface area contributed by atoms with Gasteiger partial charge >= 0.3 is 0 Å². The van der Waals surface area contributed by atoms with Crippen LogP contribution in [0.1, 0.15) is 42.0 Å². The third-order valence-electron chi connectivity index (χ3n) is 6.56. The molecule has 1 heterocycles. The molecular weight excluding hydrogens is 480 g/mol. The zero-order valence-electron chi connectivity index (χ0n) is 19.7. The molecule has 2 aromatic carbocycles. The number of hydrogen-bond donors (Lipinski definition) is 1. The molecule has 1 atom stereocenters. The van der Waals surface area contributed by atoms with E-state index < -0.39 is 0 Å². The zero-order chi connectivity index (χ0) is 23.0. The minimum atomic E-state index is 0.420. The van der Waals surface area contributed by atoms with Crippen LogP contribution < -0.4 is 4.74 Å². The van der Waals surface area contributed by atoms with E-state index in [-0.39, 0.29) is 0 Å². The molecule has 0 radical (unpaired) electrons. The summed E-state index contributed by atoms with van der Waals surface area (Å²) in [5, 5.41) is 1.36. The molecule has 0 saturated carbocycles. The number of aryl methyl sites for hydroxylation is 1. The Kier molecular flexibility index (Phi) is 8.84. The van der Waals surface area contributed by atoms with Gasteiger partial charge in [0.2, 0.25) is 0 Å². The number of nitrogens with zero attached hydrogens (tertiary/aromatic N) is 1. The van der Waals surface area contributed by atoms with Crippen LogP contribution in [0.4, 0.5) is 0 Å². The molecule has 1 aliphatic carbocycles. The van der Waals surface area contributed by atoms with Crippen molar-refractivity contribution in [2.45, 2.75) is 31.6 Å². The third kappa shape index (κ3) is 6.18. The first-order valence-corrected chi connectivity index (χ1v) is 12.7. The Labute approximate surface area is 205 Å². The van der Waals surface area contributed by atoms with Crippen LogP contribution in [0, 0.1) is 0 Å². The summed E-state index contributed by atoms with van der Waals surface area (Å²) in [6.07, 6.45) is 4.53. The van der Waals surface area contributed by atoms with Gasteiger partial charge in [-0.05, 0) is 67.1 Å². The number of methoxy groups -OCH3 is 2. The molecule has 3 aromatic rings. The summed E-state index contributed by atoms with van der Waals surface area (Å²) in [5.74, 6) is 1.36. The predicted octanol–water partition coefficient (Wildman–Crippen LogP) is 5.76. The summed E-state index contributed by atoms with van der Waals surface area (Å²) >= 11 is 3.63. The van der Waals surface area contributed by atoms with Crippen LogP contribution in [0.15, 0.2) is 46.9 Å². The molecule has 0 aliphatic heterocycles. The van der Waals surface area contributed by atoms with Crippen LogP contribution in [0.3, 0.4) is 0 Å². The molecule has 1 aliphatic rings. The molecular formula is C27H35BrN2O3. The smallest absolute Gasteiger partial charge is 0.119 e. The highest BCUT2D eigenvalue weighted by atomic mass is 79.9. The van der Waals surface area contributed by atoms with E-state index in [0.717, 1.165) is 55.9 Å². The van der Waals surface area contributed by atoms with Gasteiger partial charge in [0.1, 0.15) is 5.75 Å². The van der Waals surface area contributed by atoms with Gasteiger partial charge in [-0.3, -0.25) is 4.90 Å². The van der Waals surface area contributed by atoms with Gasteiger partial charge in [0, 0.05) is 60.8 Å². The van der Waals surface area contributed by atoms with Gasteiger partial charge in [-0.2, -0.15) is 0 Å². The van der Waals surface area contributed by atoms with Crippen LogP contribution in [0.2, 0.25) is 0 Å². The summed E-state index contributed by atoms with van der Waals surface area (Å²) in [6.45, 7) is 5.00. The lowest BCUT2D eigenvalue weighted by Crippen LogP contribution is -2.32. The van der Waals surface area contributed by atoms with E-state index in [1.54, 1.807) is 14.2 Å². The van der Waals surface area contributed by atoms with Gasteiger partial charge < -0.3 is 19.2 Å². The van der Waals surface area contributed by atoms with Crippen LogP contribution in [-0.2, 0) is 15.9 Å². The average Bonchev–Trinajstić information content (AvgIpc) is 3.21. The second kappa shape index (κ2) is 12.0. The van der Waals surface area contributed by atoms with E-state index in [4.69, 9.17) is 14.2 Å². The van der Waals surface area contributed by atoms with Gasteiger partial charge in [-0.1, -0.05) is 28.1 Å². The normalized spacial score (nSPS) is 15.8. The molecule has 178 valence electrons. The second-order valence-electron chi connectivity index (χ2n) is 8.75. The maximum Gasteiger partial charge on any atom is 0.119 e.